The van der Waals surface area contributed by atoms with Crippen LogP contribution in [0.5, 0.6) is 0 Å². The third-order valence-electron chi connectivity index (χ3n) is 3.09. The number of imide groups is 1. The SMILES string of the molecule is O=C1NC(=O)c2ccccc2C1=Cc1cccc(Cl)c1. The van der Waals surface area contributed by atoms with Crippen molar-refractivity contribution in [1.29, 1.82) is 0 Å². The summed E-state index contributed by atoms with van der Waals surface area (Å²) < 4.78 is 0. The minimum Gasteiger partial charge on any atom is -0.288 e. The molecule has 1 N–H and O–H groups in total. The zero-order chi connectivity index (χ0) is 14.1. The van der Waals surface area contributed by atoms with E-state index < -0.39 is 5.91 Å². The van der Waals surface area contributed by atoms with Crippen LogP contribution < -0.4 is 5.32 Å². The van der Waals surface area contributed by atoms with Gasteiger partial charge in [0.05, 0.1) is 0 Å². The van der Waals surface area contributed by atoms with E-state index in [0.717, 1.165) is 5.56 Å². The van der Waals surface area contributed by atoms with Crippen molar-refractivity contribution in [2.45, 2.75) is 0 Å². The Morgan fingerprint density at radius 1 is 0.900 bits per heavy atom. The monoisotopic (exact) mass is 283 g/mol. The fraction of sp³-hybridized carbons (Fsp3) is 0. The second kappa shape index (κ2) is 4.94. The molecule has 2 amide bonds. The van der Waals surface area contributed by atoms with Gasteiger partial charge in [-0.3, -0.25) is 14.9 Å². The van der Waals surface area contributed by atoms with Gasteiger partial charge in [-0.15, -0.1) is 0 Å². The molecular formula is C16H10ClNO2. The topological polar surface area (TPSA) is 46.2 Å². The van der Waals surface area contributed by atoms with Crippen molar-refractivity contribution in [3.63, 3.8) is 0 Å². The largest absolute Gasteiger partial charge is 0.288 e. The molecule has 3 nitrogen and oxygen atoms in total. The molecule has 0 radical (unpaired) electrons. The lowest BCUT2D eigenvalue weighted by Gasteiger charge is -2.18. The molecule has 0 aromatic heterocycles. The second-order valence-corrected chi connectivity index (χ2v) is 4.88. The molecule has 1 aliphatic rings. The summed E-state index contributed by atoms with van der Waals surface area (Å²) in [5.74, 6) is -0.762. The smallest absolute Gasteiger partial charge is 0.258 e. The van der Waals surface area contributed by atoms with Gasteiger partial charge in [-0.1, -0.05) is 41.9 Å². The van der Waals surface area contributed by atoms with Crippen LogP contribution in [0.25, 0.3) is 11.6 Å². The minimum absolute atomic E-state index is 0.367. The predicted octanol–water partition coefficient (Wildman–Crippen LogP) is 3.15. The third-order valence-corrected chi connectivity index (χ3v) is 3.33. The summed E-state index contributed by atoms with van der Waals surface area (Å²) in [6.07, 6.45) is 1.73. The van der Waals surface area contributed by atoms with Crippen LogP contribution in [0.1, 0.15) is 21.5 Å². The molecule has 4 heteroatoms. The Morgan fingerprint density at radius 2 is 1.65 bits per heavy atom. The maximum Gasteiger partial charge on any atom is 0.258 e. The van der Waals surface area contributed by atoms with Crippen molar-refractivity contribution in [2.24, 2.45) is 0 Å². The molecule has 98 valence electrons. The standard InChI is InChI=1S/C16H10ClNO2/c17-11-5-3-4-10(8-11)9-14-12-6-1-2-7-13(12)15(19)18-16(14)20/h1-9H,(H,18,19,20). The molecule has 0 spiro atoms. The molecule has 0 atom stereocenters. The van der Waals surface area contributed by atoms with Gasteiger partial charge in [0, 0.05) is 16.2 Å². The van der Waals surface area contributed by atoms with E-state index in [1.165, 1.54) is 0 Å². The van der Waals surface area contributed by atoms with E-state index in [1.54, 1.807) is 42.5 Å². The first-order valence-corrected chi connectivity index (χ1v) is 6.45. The van der Waals surface area contributed by atoms with Gasteiger partial charge in [-0.05, 0) is 35.4 Å². The maximum atomic E-state index is 12.0. The van der Waals surface area contributed by atoms with Crippen molar-refractivity contribution >= 4 is 35.1 Å². The van der Waals surface area contributed by atoms with E-state index in [9.17, 15) is 9.59 Å². The van der Waals surface area contributed by atoms with Crippen LogP contribution in [0.15, 0.2) is 48.5 Å². The van der Waals surface area contributed by atoms with Gasteiger partial charge in [-0.2, -0.15) is 0 Å². The fourth-order valence-corrected chi connectivity index (χ4v) is 2.38. The average molecular weight is 284 g/mol. The van der Waals surface area contributed by atoms with Crippen LogP contribution in [-0.4, -0.2) is 11.8 Å². The molecule has 0 unspecified atom stereocenters. The number of hydrogen-bond donors (Lipinski definition) is 1. The van der Waals surface area contributed by atoms with E-state index in [2.05, 4.69) is 5.32 Å². The van der Waals surface area contributed by atoms with Crippen LogP contribution in [0.3, 0.4) is 0 Å². The summed E-state index contributed by atoms with van der Waals surface area (Å²) in [7, 11) is 0. The minimum atomic E-state index is -0.395. The van der Waals surface area contributed by atoms with Gasteiger partial charge in [0.25, 0.3) is 11.8 Å². The molecule has 0 fully saturated rings. The molecule has 2 aromatic rings. The number of benzene rings is 2. The summed E-state index contributed by atoms with van der Waals surface area (Å²) in [5.41, 5.74) is 2.41. The van der Waals surface area contributed by atoms with Crippen molar-refractivity contribution in [3.8, 4) is 0 Å². The van der Waals surface area contributed by atoms with Crippen LogP contribution >= 0.6 is 11.6 Å². The van der Waals surface area contributed by atoms with E-state index in [-0.39, 0.29) is 5.91 Å². The summed E-state index contributed by atoms with van der Waals surface area (Å²) in [6.45, 7) is 0. The third kappa shape index (κ3) is 2.24. The molecule has 0 bridgehead atoms. The summed E-state index contributed by atoms with van der Waals surface area (Å²) in [4.78, 5) is 23.8. The Labute approximate surface area is 120 Å². The molecule has 1 aliphatic heterocycles. The van der Waals surface area contributed by atoms with Gasteiger partial charge in [0.2, 0.25) is 0 Å². The van der Waals surface area contributed by atoms with E-state index in [0.29, 0.717) is 21.7 Å². The molecule has 0 aliphatic carbocycles. The number of hydrogen-bond acceptors (Lipinski definition) is 2. The first kappa shape index (κ1) is 12.6. The van der Waals surface area contributed by atoms with E-state index in [1.807, 2.05) is 12.1 Å². The quantitative estimate of drug-likeness (QED) is 0.645. The highest BCUT2D eigenvalue weighted by atomic mass is 35.5. The van der Waals surface area contributed by atoms with Gasteiger partial charge < -0.3 is 0 Å². The zero-order valence-electron chi connectivity index (χ0n) is 10.4. The first-order chi connectivity index (χ1) is 9.65. The number of halogens is 1. The van der Waals surface area contributed by atoms with Crippen molar-refractivity contribution in [2.75, 3.05) is 0 Å². The van der Waals surface area contributed by atoms with Crippen molar-refractivity contribution < 1.29 is 9.59 Å². The van der Waals surface area contributed by atoms with Crippen LogP contribution in [0.2, 0.25) is 5.02 Å². The number of rotatable bonds is 1. The van der Waals surface area contributed by atoms with Gasteiger partial charge >= 0.3 is 0 Å². The molecule has 0 saturated heterocycles. The maximum absolute atomic E-state index is 12.0. The summed E-state index contributed by atoms with van der Waals surface area (Å²) in [5, 5.41) is 2.94. The number of amides is 2. The molecule has 2 aromatic carbocycles. The lowest BCUT2D eigenvalue weighted by Crippen LogP contribution is -2.36. The summed E-state index contributed by atoms with van der Waals surface area (Å²) in [6, 6.07) is 14.2. The number of carbonyl (C=O) groups is 2. The number of nitrogens with one attached hydrogen (secondary N) is 1. The van der Waals surface area contributed by atoms with Gasteiger partial charge in [0.1, 0.15) is 0 Å². The Hall–Kier alpha value is -2.39. The van der Waals surface area contributed by atoms with Crippen LogP contribution in [0.4, 0.5) is 0 Å². The van der Waals surface area contributed by atoms with E-state index in [4.69, 9.17) is 11.6 Å². The van der Waals surface area contributed by atoms with Gasteiger partial charge in [0.15, 0.2) is 0 Å². The predicted molar refractivity (Wildman–Crippen MR) is 78.2 cm³/mol. The highest BCUT2D eigenvalue weighted by Crippen LogP contribution is 2.26. The Morgan fingerprint density at radius 3 is 2.40 bits per heavy atom. The molecule has 20 heavy (non-hydrogen) atoms. The first-order valence-electron chi connectivity index (χ1n) is 6.07. The highest BCUT2D eigenvalue weighted by molar-refractivity contribution is 6.34. The second-order valence-electron chi connectivity index (χ2n) is 4.44. The Bertz CT molecular complexity index is 750. The van der Waals surface area contributed by atoms with Crippen molar-refractivity contribution in [1.82, 2.24) is 5.32 Å². The molecular weight excluding hydrogens is 274 g/mol. The molecule has 1 heterocycles. The average Bonchev–Trinajstić information content (AvgIpc) is 2.43. The zero-order valence-corrected chi connectivity index (χ0v) is 11.1. The normalized spacial score (nSPS) is 15.9. The fourth-order valence-electron chi connectivity index (χ4n) is 2.18. The number of fused-ring (bicyclic) bond motifs is 1. The van der Waals surface area contributed by atoms with Crippen LogP contribution in [-0.2, 0) is 4.79 Å². The van der Waals surface area contributed by atoms with Gasteiger partial charge in [-0.25, -0.2) is 0 Å². The van der Waals surface area contributed by atoms with E-state index >= 15 is 0 Å². The molecule has 3 rings (SSSR count). The lowest BCUT2D eigenvalue weighted by molar-refractivity contribution is -0.114. The highest BCUT2D eigenvalue weighted by Gasteiger charge is 2.26. The Balaban J connectivity index is 2.16. The molecule has 0 saturated carbocycles. The summed E-state index contributed by atoms with van der Waals surface area (Å²) >= 11 is 5.94. The number of carbonyl (C=O) groups excluding carboxylic acids is 2. The van der Waals surface area contributed by atoms with Crippen molar-refractivity contribution in [3.05, 3.63) is 70.2 Å². The Kier molecular flexibility index (Phi) is 3.12. The lowest BCUT2D eigenvalue weighted by atomic mass is 9.93. The van der Waals surface area contributed by atoms with Crippen LogP contribution in [0, 0.1) is 0 Å².